The van der Waals surface area contributed by atoms with Crippen molar-refractivity contribution in [3.8, 4) is 11.5 Å². The first-order valence-corrected chi connectivity index (χ1v) is 8.71. The SMILES string of the molecule is OCc1ccc(O[C@@H]2O[C@H](CO)[C@@H](O)[C@H]2O)c(O[C@@H]2O[C@H](CO)[C@H](O)C2O)c1. The molecule has 11 nitrogen and oxygen atoms in total. The minimum atomic E-state index is -1.45. The van der Waals surface area contributed by atoms with E-state index in [1.807, 2.05) is 0 Å². The zero-order valence-corrected chi connectivity index (χ0v) is 14.7. The molecule has 158 valence electrons. The van der Waals surface area contributed by atoms with E-state index in [1.54, 1.807) is 0 Å². The first-order valence-electron chi connectivity index (χ1n) is 8.71. The van der Waals surface area contributed by atoms with Crippen LogP contribution in [-0.4, -0.2) is 98.2 Å². The molecule has 0 bridgehead atoms. The number of benzene rings is 1. The lowest BCUT2D eigenvalue weighted by Gasteiger charge is -2.22. The summed E-state index contributed by atoms with van der Waals surface area (Å²) in [7, 11) is 0. The maximum absolute atomic E-state index is 10.0. The van der Waals surface area contributed by atoms with Gasteiger partial charge in [0.2, 0.25) is 12.6 Å². The van der Waals surface area contributed by atoms with Gasteiger partial charge >= 0.3 is 0 Å². The van der Waals surface area contributed by atoms with Crippen molar-refractivity contribution >= 4 is 0 Å². The number of rotatable bonds is 7. The Bertz CT molecular complexity index is 656. The number of hydrogen-bond donors (Lipinski definition) is 7. The Morgan fingerprint density at radius 3 is 1.64 bits per heavy atom. The van der Waals surface area contributed by atoms with Crippen LogP contribution in [0, 0.1) is 0 Å². The Balaban J connectivity index is 1.79. The summed E-state index contributed by atoms with van der Waals surface area (Å²) in [5.74, 6) is 0.0314. The van der Waals surface area contributed by atoms with Crippen LogP contribution >= 0.6 is 0 Å². The van der Waals surface area contributed by atoms with Crippen molar-refractivity contribution in [3.05, 3.63) is 23.8 Å². The Morgan fingerprint density at radius 1 is 0.714 bits per heavy atom. The van der Waals surface area contributed by atoms with Crippen LogP contribution in [0.1, 0.15) is 5.56 Å². The van der Waals surface area contributed by atoms with Gasteiger partial charge in [0, 0.05) is 0 Å². The third-order valence-electron chi connectivity index (χ3n) is 4.67. The molecule has 2 heterocycles. The van der Waals surface area contributed by atoms with Gasteiger partial charge in [-0.2, -0.15) is 0 Å². The minimum Gasteiger partial charge on any atom is -0.458 e. The predicted molar refractivity (Wildman–Crippen MR) is 89.1 cm³/mol. The molecule has 0 aromatic heterocycles. The van der Waals surface area contributed by atoms with E-state index in [-0.39, 0.29) is 18.1 Å². The minimum absolute atomic E-state index is 0.000807. The van der Waals surface area contributed by atoms with Crippen molar-refractivity contribution in [1.82, 2.24) is 0 Å². The zero-order chi connectivity index (χ0) is 20.4. The summed E-state index contributed by atoms with van der Waals surface area (Å²) >= 11 is 0. The fourth-order valence-corrected chi connectivity index (χ4v) is 3.02. The molecule has 28 heavy (non-hydrogen) atoms. The first-order chi connectivity index (χ1) is 13.4. The van der Waals surface area contributed by atoms with Gasteiger partial charge in [-0.05, 0) is 17.7 Å². The van der Waals surface area contributed by atoms with Gasteiger partial charge in [-0.1, -0.05) is 6.07 Å². The lowest BCUT2D eigenvalue weighted by molar-refractivity contribution is -0.128. The molecule has 1 aromatic carbocycles. The Labute approximate surface area is 159 Å². The highest BCUT2D eigenvalue weighted by atomic mass is 16.7. The van der Waals surface area contributed by atoms with Crippen molar-refractivity contribution in [2.24, 2.45) is 0 Å². The summed E-state index contributed by atoms with van der Waals surface area (Å²) in [6.45, 7) is -1.37. The van der Waals surface area contributed by atoms with Gasteiger partial charge in [0.25, 0.3) is 0 Å². The summed E-state index contributed by atoms with van der Waals surface area (Å²) < 4.78 is 21.6. The van der Waals surface area contributed by atoms with Crippen molar-refractivity contribution in [2.75, 3.05) is 13.2 Å². The molecule has 1 unspecified atom stereocenters. The van der Waals surface area contributed by atoms with Crippen molar-refractivity contribution in [2.45, 2.75) is 55.8 Å². The van der Waals surface area contributed by atoms with Crippen LogP contribution in [0.4, 0.5) is 0 Å². The summed E-state index contributed by atoms with van der Waals surface area (Å²) in [4.78, 5) is 0. The van der Waals surface area contributed by atoms with Crippen LogP contribution in [0.5, 0.6) is 11.5 Å². The average molecular weight is 404 g/mol. The molecule has 2 aliphatic heterocycles. The van der Waals surface area contributed by atoms with Gasteiger partial charge in [0.1, 0.15) is 36.6 Å². The zero-order valence-electron chi connectivity index (χ0n) is 14.7. The summed E-state index contributed by atoms with van der Waals surface area (Å²) in [6, 6.07) is 4.32. The number of aliphatic hydroxyl groups is 7. The summed E-state index contributed by atoms with van der Waals surface area (Å²) in [5, 5.41) is 67.4. The number of hydrogen-bond acceptors (Lipinski definition) is 11. The fourth-order valence-electron chi connectivity index (χ4n) is 3.02. The second-order valence-corrected chi connectivity index (χ2v) is 6.59. The second kappa shape index (κ2) is 8.86. The van der Waals surface area contributed by atoms with E-state index < -0.39 is 62.4 Å². The quantitative estimate of drug-likeness (QED) is 0.244. The van der Waals surface area contributed by atoms with Gasteiger partial charge in [0.05, 0.1) is 19.8 Å². The van der Waals surface area contributed by atoms with Crippen LogP contribution < -0.4 is 9.47 Å². The topological polar surface area (TPSA) is 179 Å². The van der Waals surface area contributed by atoms with Gasteiger partial charge in [0.15, 0.2) is 11.5 Å². The summed E-state index contributed by atoms with van der Waals surface area (Å²) in [5.41, 5.74) is 0.440. The molecular weight excluding hydrogens is 380 g/mol. The van der Waals surface area contributed by atoms with E-state index in [1.165, 1.54) is 18.2 Å². The molecule has 0 amide bonds. The Hall–Kier alpha value is -1.54. The molecule has 7 N–H and O–H groups in total. The van der Waals surface area contributed by atoms with Gasteiger partial charge in [-0.3, -0.25) is 0 Å². The highest BCUT2D eigenvalue weighted by molar-refractivity contribution is 5.43. The third kappa shape index (κ3) is 4.08. The molecule has 0 aliphatic carbocycles. The smallest absolute Gasteiger partial charge is 0.229 e. The molecule has 0 saturated carbocycles. The van der Waals surface area contributed by atoms with E-state index >= 15 is 0 Å². The molecule has 11 heteroatoms. The molecular formula is C17H24O11. The normalized spacial score (nSPS) is 38.0. The van der Waals surface area contributed by atoms with E-state index in [4.69, 9.17) is 29.2 Å². The van der Waals surface area contributed by atoms with Gasteiger partial charge in [-0.25, -0.2) is 0 Å². The molecule has 1 aromatic rings. The third-order valence-corrected chi connectivity index (χ3v) is 4.67. The van der Waals surface area contributed by atoms with Crippen molar-refractivity contribution in [1.29, 1.82) is 0 Å². The van der Waals surface area contributed by atoms with Crippen molar-refractivity contribution < 1.29 is 54.7 Å². The van der Waals surface area contributed by atoms with Gasteiger partial charge in [-0.15, -0.1) is 0 Å². The maximum Gasteiger partial charge on any atom is 0.229 e. The number of aliphatic hydroxyl groups excluding tert-OH is 7. The Kier molecular flexibility index (Phi) is 6.70. The largest absolute Gasteiger partial charge is 0.458 e. The Morgan fingerprint density at radius 2 is 1.21 bits per heavy atom. The van der Waals surface area contributed by atoms with E-state index in [0.29, 0.717) is 5.56 Å². The lowest BCUT2D eigenvalue weighted by atomic mass is 10.1. The van der Waals surface area contributed by atoms with Gasteiger partial charge < -0.3 is 54.7 Å². The summed E-state index contributed by atoms with van der Waals surface area (Å²) in [6.07, 6.45) is -10.3. The lowest BCUT2D eigenvalue weighted by Crippen LogP contribution is -2.36. The fraction of sp³-hybridized carbons (Fsp3) is 0.647. The van der Waals surface area contributed by atoms with E-state index in [9.17, 15) is 25.5 Å². The second-order valence-electron chi connectivity index (χ2n) is 6.59. The van der Waals surface area contributed by atoms with E-state index in [2.05, 4.69) is 0 Å². The maximum atomic E-state index is 10.0. The molecule has 0 radical (unpaired) electrons. The van der Waals surface area contributed by atoms with Crippen molar-refractivity contribution in [3.63, 3.8) is 0 Å². The predicted octanol–water partition coefficient (Wildman–Crippen LogP) is -3.19. The monoisotopic (exact) mass is 404 g/mol. The molecule has 2 saturated heterocycles. The van der Waals surface area contributed by atoms with Crippen LogP contribution in [-0.2, 0) is 16.1 Å². The molecule has 0 spiro atoms. The highest BCUT2D eigenvalue weighted by Gasteiger charge is 2.46. The van der Waals surface area contributed by atoms with Crippen LogP contribution in [0.3, 0.4) is 0 Å². The average Bonchev–Trinajstić information content (AvgIpc) is 3.13. The van der Waals surface area contributed by atoms with Crippen LogP contribution in [0.25, 0.3) is 0 Å². The molecule has 2 aliphatic rings. The highest BCUT2D eigenvalue weighted by Crippen LogP contribution is 2.35. The first kappa shape index (κ1) is 21.2. The van der Waals surface area contributed by atoms with E-state index in [0.717, 1.165) is 0 Å². The molecule has 2 fully saturated rings. The van der Waals surface area contributed by atoms with Crippen LogP contribution in [0.15, 0.2) is 18.2 Å². The standard InChI is InChI=1S/C17H24O11/c18-4-7-1-2-8(25-16-14(23)12(21)10(5-19)27-16)9(3-7)26-17-15(24)13(22)11(6-20)28-17/h1-3,10-24H,4-6H2/t10-,11-,12-,13+,14-,15?,16-,17-/m1/s1. The van der Waals surface area contributed by atoms with Crippen LogP contribution in [0.2, 0.25) is 0 Å². The molecule has 3 rings (SSSR count). The molecule has 8 atom stereocenters. The number of ether oxygens (including phenoxy) is 4.